The quantitative estimate of drug-likeness (QED) is 0.848. The lowest BCUT2D eigenvalue weighted by molar-refractivity contribution is 1.34. The van der Waals surface area contributed by atoms with Gasteiger partial charge in [0.2, 0.25) is 0 Å². The number of rotatable bonds is 4. The first-order chi connectivity index (χ1) is 8.75. The van der Waals surface area contributed by atoms with Crippen molar-refractivity contribution in [2.75, 3.05) is 11.9 Å². The largest absolute Gasteiger partial charge is 0.382 e. The molecule has 0 unspecified atom stereocenters. The Labute approximate surface area is 117 Å². The minimum absolute atomic E-state index is 0.829. The van der Waals surface area contributed by atoms with Crippen molar-refractivity contribution in [1.29, 1.82) is 0 Å². The Bertz CT molecular complexity index is 529. The number of anilines is 1. The second-order valence-corrected chi connectivity index (χ2v) is 5.06. The summed E-state index contributed by atoms with van der Waals surface area (Å²) in [4.78, 5) is 0. The van der Waals surface area contributed by atoms with Crippen LogP contribution in [-0.2, 0) is 0 Å². The van der Waals surface area contributed by atoms with Crippen LogP contribution in [0.5, 0.6) is 0 Å². The van der Waals surface area contributed by atoms with E-state index in [-0.39, 0.29) is 0 Å². The highest BCUT2D eigenvalue weighted by molar-refractivity contribution is 9.10. The molecule has 0 saturated heterocycles. The van der Waals surface area contributed by atoms with Gasteiger partial charge < -0.3 is 5.32 Å². The molecule has 0 atom stereocenters. The second-order valence-electron chi connectivity index (χ2n) is 4.15. The SMILES string of the molecule is Cc1ccccc1/C=C/CNc1ccc(Br)cc1. The van der Waals surface area contributed by atoms with Crippen molar-refractivity contribution in [3.63, 3.8) is 0 Å². The van der Waals surface area contributed by atoms with Crippen molar-refractivity contribution in [2.45, 2.75) is 6.92 Å². The third kappa shape index (κ3) is 3.74. The van der Waals surface area contributed by atoms with Crippen LogP contribution in [0.1, 0.15) is 11.1 Å². The van der Waals surface area contributed by atoms with Crippen molar-refractivity contribution in [3.8, 4) is 0 Å². The molecule has 0 aliphatic carbocycles. The summed E-state index contributed by atoms with van der Waals surface area (Å²) in [5.74, 6) is 0. The van der Waals surface area contributed by atoms with E-state index in [2.05, 4.69) is 76.7 Å². The maximum atomic E-state index is 3.42. The van der Waals surface area contributed by atoms with Crippen LogP contribution in [-0.4, -0.2) is 6.54 Å². The molecular formula is C16H16BrN. The van der Waals surface area contributed by atoms with Gasteiger partial charge in [0.1, 0.15) is 0 Å². The van der Waals surface area contributed by atoms with Crippen LogP contribution in [0.15, 0.2) is 59.1 Å². The average molecular weight is 302 g/mol. The number of halogens is 1. The molecule has 2 heteroatoms. The van der Waals surface area contributed by atoms with Gasteiger partial charge in [0.05, 0.1) is 0 Å². The molecule has 0 fully saturated rings. The van der Waals surface area contributed by atoms with Crippen molar-refractivity contribution in [1.82, 2.24) is 0 Å². The third-order valence-corrected chi connectivity index (χ3v) is 3.28. The molecule has 92 valence electrons. The lowest BCUT2D eigenvalue weighted by atomic mass is 10.1. The minimum Gasteiger partial charge on any atom is -0.382 e. The average Bonchev–Trinajstić information content (AvgIpc) is 2.39. The van der Waals surface area contributed by atoms with Gasteiger partial charge in [0, 0.05) is 16.7 Å². The van der Waals surface area contributed by atoms with E-state index < -0.39 is 0 Å². The van der Waals surface area contributed by atoms with E-state index in [4.69, 9.17) is 0 Å². The molecule has 1 nitrogen and oxygen atoms in total. The predicted octanol–water partition coefficient (Wildman–Crippen LogP) is 4.88. The summed E-state index contributed by atoms with van der Waals surface area (Å²) in [7, 11) is 0. The van der Waals surface area contributed by atoms with E-state index in [0.717, 1.165) is 16.7 Å². The molecule has 2 rings (SSSR count). The van der Waals surface area contributed by atoms with E-state index in [0.29, 0.717) is 0 Å². The van der Waals surface area contributed by atoms with Crippen LogP contribution >= 0.6 is 15.9 Å². The van der Waals surface area contributed by atoms with E-state index in [1.165, 1.54) is 11.1 Å². The smallest absolute Gasteiger partial charge is 0.0343 e. The first kappa shape index (κ1) is 12.9. The van der Waals surface area contributed by atoms with Crippen LogP contribution < -0.4 is 5.32 Å². The molecule has 0 aliphatic rings. The summed E-state index contributed by atoms with van der Waals surface area (Å²) in [6.07, 6.45) is 4.30. The molecule has 2 aromatic carbocycles. The molecule has 0 aliphatic heterocycles. The first-order valence-corrected chi connectivity index (χ1v) is 6.76. The van der Waals surface area contributed by atoms with Crippen LogP contribution in [0.2, 0.25) is 0 Å². The fraction of sp³-hybridized carbons (Fsp3) is 0.125. The van der Waals surface area contributed by atoms with Crippen molar-refractivity contribution in [2.24, 2.45) is 0 Å². The Balaban J connectivity index is 1.89. The van der Waals surface area contributed by atoms with E-state index in [1.807, 2.05) is 12.1 Å². The highest BCUT2D eigenvalue weighted by atomic mass is 79.9. The Morgan fingerprint density at radius 1 is 1.06 bits per heavy atom. The molecule has 2 aromatic rings. The topological polar surface area (TPSA) is 12.0 Å². The van der Waals surface area contributed by atoms with Gasteiger partial charge in [0.15, 0.2) is 0 Å². The van der Waals surface area contributed by atoms with Gasteiger partial charge in [-0.3, -0.25) is 0 Å². The molecule has 0 heterocycles. The van der Waals surface area contributed by atoms with Crippen molar-refractivity contribution >= 4 is 27.7 Å². The van der Waals surface area contributed by atoms with E-state index in [1.54, 1.807) is 0 Å². The predicted molar refractivity (Wildman–Crippen MR) is 82.8 cm³/mol. The van der Waals surface area contributed by atoms with E-state index >= 15 is 0 Å². The number of hydrogen-bond acceptors (Lipinski definition) is 1. The maximum Gasteiger partial charge on any atom is 0.0343 e. The molecule has 0 saturated carbocycles. The summed E-state index contributed by atoms with van der Waals surface area (Å²) in [5.41, 5.74) is 3.71. The number of hydrogen-bond donors (Lipinski definition) is 1. The van der Waals surface area contributed by atoms with Gasteiger partial charge in [0.25, 0.3) is 0 Å². The van der Waals surface area contributed by atoms with E-state index in [9.17, 15) is 0 Å². The van der Waals surface area contributed by atoms with Gasteiger partial charge in [-0.1, -0.05) is 52.3 Å². The molecule has 1 N–H and O–H groups in total. The summed E-state index contributed by atoms with van der Waals surface area (Å²) >= 11 is 3.42. The monoisotopic (exact) mass is 301 g/mol. The van der Waals surface area contributed by atoms with Gasteiger partial charge in [-0.15, -0.1) is 0 Å². The standard InChI is InChI=1S/C16H16BrN/c1-13-5-2-3-6-14(13)7-4-12-18-16-10-8-15(17)9-11-16/h2-11,18H,12H2,1H3/b7-4+. The van der Waals surface area contributed by atoms with Gasteiger partial charge in [-0.2, -0.15) is 0 Å². The van der Waals surface area contributed by atoms with Crippen LogP contribution in [0, 0.1) is 6.92 Å². The van der Waals surface area contributed by atoms with Crippen molar-refractivity contribution < 1.29 is 0 Å². The molecule has 0 spiro atoms. The summed E-state index contributed by atoms with van der Waals surface area (Å²) in [6.45, 7) is 2.96. The molecule has 0 bridgehead atoms. The molecule has 18 heavy (non-hydrogen) atoms. The number of aryl methyl sites for hydroxylation is 1. The Morgan fingerprint density at radius 2 is 1.78 bits per heavy atom. The fourth-order valence-electron chi connectivity index (χ4n) is 1.70. The zero-order valence-corrected chi connectivity index (χ0v) is 11.9. The second kappa shape index (κ2) is 6.41. The molecule has 0 aromatic heterocycles. The molecular weight excluding hydrogens is 286 g/mol. The number of benzene rings is 2. The highest BCUT2D eigenvalue weighted by Gasteiger charge is 1.91. The fourth-order valence-corrected chi connectivity index (χ4v) is 1.97. The van der Waals surface area contributed by atoms with Crippen LogP contribution in [0.3, 0.4) is 0 Å². The third-order valence-electron chi connectivity index (χ3n) is 2.75. The summed E-state index contributed by atoms with van der Waals surface area (Å²) in [5, 5.41) is 3.35. The minimum atomic E-state index is 0.829. The van der Waals surface area contributed by atoms with Gasteiger partial charge in [-0.25, -0.2) is 0 Å². The first-order valence-electron chi connectivity index (χ1n) is 5.97. The molecule has 0 radical (unpaired) electrons. The lowest BCUT2D eigenvalue weighted by Crippen LogP contribution is -1.97. The maximum absolute atomic E-state index is 3.42. The highest BCUT2D eigenvalue weighted by Crippen LogP contribution is 2.14. The van der Waals surface area contributed by atoms with Crippen molar-refractivity contribution in [3.05, 3.63) is 70.2 Å². The Hall–Kier alpha value is -1.54. The molecule has 0 amide bonds. The number of nitrogens with one attached hydrogen (secondary N) is 1. The van der Waals surface area contributed by atoms with Crippen LogP contribution in [0.4, 0.5) is 5.69 Å². The normalized spacial score (nSPS) is 10.8. The summed E-state index contributed by atoms with van der Waals surface area (Å²) in [6, 6.07) is 16.6. The lowest BCUT2D eigenvalue weighted by Gasteiger charge is -2.03. The van der Waals surface area contributed by atoms with Crippen LogP contribution in [0.25, 0.3) is 6.08 Å². The summed E-state index contributed by atoms with van der Waals surface area (Å²) < 4.78 is 1.10. The van der Waals surface area contributed by atoms with Gasteiger partial charge >= 0.3 is 0 Å². The zero-order chi connectivity index (χ0) is 12.8. The van der Waals surface area contributed by atoms with Gasteiger partial charge in [-0.05, 0) is 42.3 Å². The Morgan fingerprint density at radius 3 is 2.50 bits per heavy atom. The Kier molecular flexibility index (Phi) is 4.59. The zero-order valence-electron chi connectivity index (χ0n) is 10.4.